The molecule has 0 N–H and O–H groups in total. The number of benzene rings is 1. The normalized spacial score (nSPS) is 23.9. The fraction of sp³-hybridized carbons (Fsp3) is 0.526. The van der Waals surface area contributed by atoms with E-state index in [2.05, 4.69) is 51.4 Å². The zero-order valence-corrected chi connectivity index (χ0v) is 16.8. The Kier molecular flexibility index (Phi) is 4.89. The summed E-state index contributed by atoms with van der Waals surface area (Å²) in [6.07, 6.45) is -0.470. The number of imidazole rings is 1. The average Bonchev–Trinajstić information content (AvgIpc) is 3.04. The van der Waals surface area contributed by atoms with Crippen LogP contribution >= 0.6 is 24.2 Å². The molecule has 0 saturated heterocycles. The number of fused-ring (bicyclic) bond motifs is 1. The van der Waals surface area contributed by atoms with E-state index in [0.29, 0.717) is 28.0 Å². The third-order valence-electron chi connectivity index (χ3n) is 5.95. The highest BCUT2D eigenvalue weighted by Gasteiger charge is 2.44. The number of alkyl halides is 3. The maximum Gasteiger partial charge on any atom is 0.416 e. The van der Waals surface area contributed by atoms with Gasteiger partial charge in [-0.05, 0) is 30.4 Å². The molecule has 1 unspecified atom stereocenters. The molecule has 1 aromatic heterocycles. The molecule has 2 nitrogen and oxygen atoms in total. The molecule has 3 rings (SSSR count). The van der Waals surface area contributed by atoms with Gasteiger partial charge >= 0.3 is 6.18 Å². The number of halogens is 4. The topological polar surface area (TPSA) is 17.8 Å². The monoisotopic (exact) mass is 402 g/mol. The number of rotatable bonds is 3. The first kappa shape index (κ1) is 19.6. The minimum absolute atomic E-state index is 0.0132. The number of hydrogen-bond acceptors (Lipinski definition) is 2. The van der Waals surface area contributed by atoms with Crippen molar-refractivity contribution in [1.29, 1.82) is 0 Å². The van der Waals surface area contributed by atoms with Crippen LogP contribution in [0.25, 0.3) is 16.7 Å². The lowest BCUT2D eigenvalue weighted by atomic mass is 9.68. The Morgan fingerprint density at radius 1 is 1.38 bits per heavy atom. The van der Waals surface area contributed by atoms with Crippen molar-refractivity contribution in [3.05, 3.63) is 28.8 Å². The molecular weight excluding hydrogens is 381 g/mol. The largest absolute Gasteiger partial charge is 0.416 e. The van der Waals surface area contributed by atoms with E-state index < -0.39 is 11.7 Å². The minimum Gasteiger partial charge on any atom is -0.291 e. The quantitative estimate of drug-likeness (QED) is 0.551. The smallest absolute Gasteiger partial charge is 0.291 e. The summed E-state index contributed by atoms with van der Waals surface area (Å²) in [7, 11) is 0. The molecule has 0 saturated carbocycles. The van der Waals surface area contributed by atoms with Gasteiger partial charge in [-0.15, -0.1) is 12.6 Å². The summed E-state index contributed by atoms with van der Waals surface area (Å²) in [5, 5.41) is 0.344. The molecule has 0 radical (unpaired) electrons. The van der Waals surface area contributed by atoms with Gasteiger partial charge < -0.3 is 0 Å². The summed E-state index contributed by atoms with van der Waals surface area (Å²) >= 11 is 10.6. The van der Waals surface area contributed by atoms with E-state index in [1.54, 1.807) is 4.57 Å². The summed E-state index contributed by atoms with van der Waals surface area (Å²) in [4.78, 5) is 4.34. The third kappa shape index (κ3) is 2.85. The van der Waals surface area contributed by atoms with Crippen molar-refractivity contribution < 1.29 is 13.2 Å². The molecule has 1 aliphatic rings. The van der Waals surface area contributed by atoms with E-state index in [-0.39, 0.29) is 10.4 Å². The summed E-state index contributed by atoms with van der Waals surface area (Å²) in [5.74, 6) is 0.733. The summed E-state index contributed by atoms with van der Waals surface area (Å²) in [5.41, 5.74) is 0.700. The Morgan fingerprint density at radius 2 is 2.04 bits per heavy atom. The zero-order chi connectivity index (χ0) is 19.4. The highest BCUT2D eigenvalue weighted by atomic mass is 35.5. The molecule has 0 bridgehead atoms. The average molecular weight is 403 g/mol. The first-order valence-electron chi connectivity index (χ1n) is 8.70. The molecule has 2 atom stereocenters. The van der Waals surface area contributed by atoms with Crippen molar-refractivity contribution in [2.75, 3.05) is 0 Å². The second-order valence-corrected chi connectivity index (χ2v) is 8.25. The van der Waals surface area contributed by atoms with Crippen molar-refractivity contribution in [2.24, 2.45) is 17.3 Å². The fourth-order valence-electron chi connectivity index (χ4n) is 4.14. The fourth-order valence-corrected chi connectivity index (χ4v) is 4.71. The molecule has 0 aliphatic heterocycles. The van der Waals surface area contributed by atoms with E-state index in [4.69, 9.17) is 11.6 Å². The second-order valence-electron chi connectivity index (χ2n) is 7.44. The van der Waals surface area contributed by atoms with E-state index in [1.165, 1.54) is 0 Å². The molecule has 2 aromatic rings. The number of hydrogen-bond donors (Lipinski definition) is 1. The van der Waals surface area contributed by atoms with Gasteiger partial charge in [-0.3, -0.25) is 4.57 Å². The Morgan fingerprint density at radius 3 is 2.58 bits per heavy atom. The van der Waals surface area contributed by atoms with Crippen LogP contribution < -0.4 is 0 Å². The van der Waals surface area contributed by atoms with Crippen LogP contribution in [0.1, 0.15) is 46.1 Å². The molecule has 0 fully saturated rings. The Balaban J connectivity index is 2.29. The molecule has 1 heterocycles. The highest BCUT2D eigenvalue weighted by Crippen LogP contribution is 2.54. The third-order valence-corrected chi connectivity index (χ3v) is 6.54. The molecule has 1 aromatic carbocycles. The Hall–Kier alpha value is -1.14. The maximum atomic E-state index is 13.3. The zero-order valence-electron chi connectivity index (χ0n) is 15.2. The lowest BCUT2D eigenvalue weighted by Crippen LogP contribution is -2.32. The lowest BCUT2D eigenvalue weighted by Gasteiger charge is -2.39. The van der Waals surface area contributed by atoms with Gasteiger partial charge in [-0.2, -0.15) is 13.2 Å². The van der Waals surface area contributed by atoms with Crippen LogP contribution in [0, 0.1) is 17.3 Å². The van der Waals surface area contributed by atoms with Gasteiger partial charge in [-0.1, -0.05) is 51.8 Å². The molecule has 26 heavy (non-hydrogen) atoms. The predicted molar refractivity (Wildman–Crippen MR) is 103 cm³/mol. The maximum absolute atomic E-state index is 13.3. The first-order valence-corrected chi connectivity index (χ1v) is 9.53. The molecule has 0 spiro atoms. The Labute approximate surface area is 161 Å². The number of nitrogens with zero attached hydrogens (tertiary/aromatic N) is 2. The summed E-state index contributed by atoms with van der Waals surface area (Å²) in [6, 6.07) is 2.04. The standard InChI is InChI=1S/C19H22ClF3N2S/c1-5-11-6-7-15(18(11,4)10(2)3)25-14-9-12(19(21,22)23)8-13(20)16(14)24-17(25)26/h7-11H,5-6H2,1-4H3,(H,24,26)/t11?,18-/m0/s1. The van der Waals surface area contributed by atoms with Crippen molar-refractivity contribution in [3.63, 3.8) is 0 Å². The van der Waals surface area contributed by atoms with Crippen LogP contribution in [0.4, 0.5) is 13.2 Å². The van der Waals surface area contributed by atoms with Gasteiger partial charge in [-0.25, -0.2) is 4.98 Å². The van der Waals surface area contributed by atoms with Crippen LogP contribution in [0.5, 0.6) is 0 Å². The van der Waals surface area contributed by atoms with Crippen molar-refractivity contribution in [2.45, 2.75) is 51.9 Å². The molecule has 0 amide bonds. The van der Waals surface area contributed by atoms with Crippen LogP contribution in [0.15, 0.2) is 23.4 Å². The van der Waals surface area contributed by atoms with E-state index >= 15 is 0 Å². The van der Waals surface area contributed by atoms with Crippen molar-refractivity contribution in [3.8, 4) is 0 Å². The second kappa shape index (κ2) is 6.48. The van der Waals surface area contributed by atoms with Gasteiger partial charge in [0, 0.05) is 11.1 Å². The van der Waals surface area contributed by atoms with Gasteiger partial charge in [0.25, 0.3) is 0 Å². The van der Waals surface area contributed by atoms with Crippen molar-refractivity contribution >= 4 is 41.0 Å². The number of thiol groups is 1. The number of aromatic nitrogens is 2. The van der Waals surface area contributed by atoms with Gasteiger partial charge in [0.1, 0.15) is 5.52 Å². The summed E-state index contributed by atoms with van der Waals surface area (Å²) < 4.78 is 41.6. The lowest BCUT2D eigenvalue weighted by molar-refractivity contribution is -0.137. The Bertz CT molecular complexity index is 885. The van der Waals surface area contributed by atoms with Crippen LogP contribution in [-0.4, -0.2) is 9.55 Å². The molecule has 7 heteroatoms. The van der Waals surface area contributed by atoms with Crippen molar-refractivity contribution in [1.82, 2.24) is 9.55 Å². The van der Waals surface area contributed by atoms with E-state index in [1.807, 2.05) is 0 Å². The van der Waals surface area contributed by atoms with Gasteiger partial charge in [0.05, 0.1) is 16.1 Å². The molecule has 1 aliphatic carbocycles. The summed E-state index contributed by atoms with van der Waals surface area (Å²) in [6.45, 7) is 8.62. The van der Waals surface area contributed by atoms with Crippen LogP contribution in [0.3, 0.4) is 0 Å². The SMILES string of the molecule is CCC1CC=C(n2c(S)nc3c(Cl)cc(C(F)(F)F)cc32)[C@@]1(C)C(C)C. The molecule has 142 valence electrons. The van der Waals surface area contributed by atoms with E-state index in [9.17, 15) is 13.2 Å². The molecular formula is C19H22ClF3N2S. The first-order chi connectivity index (χ1) is 12.0. The van der Waals surface area contributed by atoms with E-state index in [0.717, 1.165) is 30.7 Å². The van der Waals surface area contributed by atoms with Crippen LogP contribution in [-0.2, 0) is 6.18 Å². The highest BCUT2D eigenvalue weighted by molar-refractivity contribution is 7.80. The van der Waals surface area contributed by atoms with Gasteiger partial charge in [0.15, 0.2) is 5.16 Å². The van der Waals surface area contributed by atoms with Crippen LogP contribution in [0.2, 0.25) is 5.02 Å². The number of allylic oxidation sites excluding steroid dienone is 2. The van der Waals surface area contributed by atoms with Gasteiger partial charge in [0.2, 0.25) is 0 Å². The minimum atomic E-state index is -4.47. The predicted octanol–water partition coefficient (Wildman–Crippen LogP) is 6.93.